The number of unbranched alkanes of at least 4 members (excludes halogenated alkanes) is 12. The third-order valence-electron chi connectivity index (χ3n) is 21.6. The Morgan fingerprint density at radius 2 is 0.580 bits per heavy atom. The molecule has 4 nitrogen and oxygen atoms in total. The Morgan fingerprint density at radius 3 is 0.860 bits per heavy atom. The van der Waals surface area contributed by atoms with Crippen molar-refractivity contribution < 1.29 is 19.2 Å². The Balaban J connectivity index is 0.974. The van der Waals surface area contributed by atoms with Gasteiger partial charge in [0, 0.05) is 59.9 Å². The van der Waals surface area contributed by atoms with Gasteiger partial charge in [0.05, 0.1) is 22.0 Å². The smallest absolute Gasteiger partial charge is 0.199 e. The monoisotopic (exact) mass is 1380 g/mol. The molecule has 100 heavy (non-hydrogen) atoms. The van der Waals surface area contributed by atoms with Gasteiger partial charge in [-0.2, -0.15) is 0 Å². The van der Waals surface area contributed by atoms with Crippen LogP contribution in [0.5, 0.6) is 0 Å². The maximum absolute atomic E-state index is 13.9. The van der Waals surface area contributed by atoms with Crippen LogP contribution >= 0.6 is 45.3 Å². The number of carbonyl (C=O) groups is 4. The molecule has 0 atom stereocenters. The highest BCUT2D eigenvalue weighted by Gasteiger charge is 2.53. The van der Waals surface area contributed by atoms with Crippen LogP contribution in [0.3, 0.4) is 0 Å². The van der Waals surface area contributed by atoms with Gasteiger partial charge in [-0.1, -0.05) is 250 Å². The average Bonchev–Trinajstić information content (AvgIpc) is 1.50. The third-order valence-corrected chi connectivity index (χ3v) is 26.0. The number of aryl methyl sites for hydroxylation is 4. The number of Topliss-reactive ketones (excluding diaryl/α,β-unsaturated/α-hetero) is 4. The van der Waals surface area contributed by atoms with Crippen LogP contribution in [0.1, 0.15) is 248 Å². The molecule has 4 aliphatic carbocycles. The predicted octanol–water partition coefficient (Wildman–Crippen LogP) is 21.3. The molecule has 4 aliphatic rings. The first-order chi connectivity index (χ1) is 49.0. The number of hydrogen-bond donors (Lipinski definition) is 0. The average molecular weight is 1380 g/mol. The van der Waals surface area contributed by atoms with Crippen LogP contribution in [0.2, 0.25) is 0 Å². The largest absolute Gasteiger partial charge is 0.288 e. The molecule has 0 saturated heterocycles. The van der Waals surface area contributed by atoms with E-state index in [1.54, 1.807) is 24.3 Å². The molecule has 15 rings (SSSR count). The summed E-state index contributed by atoms with van der Waals surface area (Å²) >= 11 is 6.72. The summed E-state index contributed by atoms with van der Waals surface area (Å²) < 4.78 is 3.37. The number of fused-ring (bicyclic) bond motifs is 8. The Labute approximate surface area is 605 Å². The minimum atomic E-state index is -0.731. The Bertz CT molecular complexity index is 4690. The summed E-state index contributed by atoms with van der Waals surface area (Å²) in [6, 6.07) is 71.4. The molecule has 0 N–H and O–H groups in total. The number of ketones is 4. The first kappa shape index (κ1) is 67.3. The second-order valence-electron chi connectivity index (χ2n) is 28.1. The van der Waals surface area contributed by atoms with E-state index in [0.717, 1.165) is 70.2 Å². The maximum Gasteiger partial charge on any atom is 0.199 e. The zero-order valence-electron chi connectivity index (χ0n) is 58.0. The lowest BCUT2D eigenvalue weighted by atomic mass is 9.65. The van der Waals surface area contributed by atoms with Crippen molar-refractivity contribution in [1.82, 2.24) is 0 Å². The van der Waals surface area contributed by atoms with E-state index in [1.165, 1.54) is 187 Å². The lowest BCUT2D eigenvalue weighted by Crippen LogP contribution is -2.30. The van der Waals surface area contributed by atoms with Gasteiger partial charge in [0.15, 0.2) is 23.1 Å². The van der Waals surface area contributed by atoms with Gasteiger partial charge in [0.2, 0.25) is 0 Å². The van der Waals surface area contributed by atoms with Gasteiger partial charge >= 0.3 is 0 Å². The van der Waals surface area contributed by atoms with E-state index in [9.17, 15) is 19.2 Å². The Morgan fingerprint density at radius 1 is 0.290 bits per heavy atom. The Hall–Kier alpha value is -8.50. The SMILES string of the molecule is CCCCCCc1ccc(C2(c3ccc(CCCCCC)cc3)c3cc4c(cc3-c3sc(/C=c5\ccc(=C6C(=O)c7ccccc7C6=O)s5)cc32)C(c2ccc(CCCCCC)cc2)(c2ccc(CCCCCC)cc2)c2cc(/C=c3\ccc(=C5C(=O)c6ccccc6C5=O)s3)sc2-4)cc1. The van der Waals surface area contributed by atoms with Crippen LogP contribution in [0, 0.1) is 0 Å². The van der Waals surface area contributed by atoms with Gasteiger partial charge in [0.1, 0.15) is 0 Å². The zero-order chi connectivity index (χ0) is 68.5. The van der Waals surface area contributed by atoms with Crippen molar-refractivity contribution in [2.45, 2.75) is 167 Å². The summed E-state index contributed by atoms with van der Waals surface area (Å²) in [5, 5.41) is 0. The number of thiophene rings is 4. The standard InChI is InChI=1S/C92H86O4S4/c1-5-9-13-17-25-59-33-41-63(42-34-59)91(64-43-35-60(36-44-64)26-18-14-10-6-2)77-57-76-78(58-75(77)89-79(91)55-69(99-89)53-67-49-51-81(97-67)83-85(93)71-29-21-22-30-72(71)86(83)94)92(65-45-37-61(38-46-65)27-19-15-11-7-3,66-47-39-62(40-48-66)28-20-16-12-8-4)80-56-70(100-90(76)80)54-68-50-52-82(98-68)84-87(95)73-31-23-24-32-74(73)88(84)96/h21-24,29-58H,5-20,25-28H2,1-4H3/b67-53+,68-54+. The van der Waals surface area contributed by atoms with Crippen LogP contribution in [0.4, 0.5) is 0 Å². The number of hydrogen-bond acceptors (Lipinski definition) is 8. The molecule has 4 aromatic heterocycles. The number of rotatable bonds is 26. The van der Waals surface area contributed by atoms with Gasteiger partial charge in [-0.25, -0.2) is 0 Å². The fourth-order valence-electron chi connectivity index (χ4n) is 16.5. The molecule has 11 aromatic rings. The molecule has 0 radical (unpaired) electrons. The summed E-state index contributed by atoms with van der Waals surface area (Å²) in [6.07, 6.45) is 28.0. The molecule has 0 saturated carbocycles. The van der Waals surface area contributed by atoms with Gasteiger partial charge in [-0.05, 0) is 190 Å². The summed E-state index contributed by atoms with van der Waals surface area (Å²) in [5.74, 6) is -0.805. The van der Waals surface area contributed by atoms with Crippen LogP contribution in [-0.2, 0) is 36.5 Å². The lowest BCUT2D eigenvalue weighted by Gasteiger charge is -2.35. The van der Waals surface area contributed by atoms with Crippen LogP contribution in [0.25, 0.3) is 44.2 Å². The topological polar surface area (TPSA) is 68.3 Å². The van der Waals surface area contributed by atoms with E-state index in [0.29, 0.717) is 31.3 Å². The minimum absolute atomic E-state index is 0.201. The molecule has 0 spiro atoms. The van der Waals surface area contributed by atoms with E-state index in [2.05, 4.69) is 173 Å². The van der Waals surface area contributed by atoms with Crippen molar-refractivity contribution in [2.75, 3.05) is 0 Å². The highest BCUT2D eigenvalue weighted by atomic mass is 32.1. The maximum atomic E-state index is 13.9. The molecule has 0 fully saturated rings. The van der Waals surface area contributed by atoms with Gasteiger partial charge in [0.25, 0.3) is 0 Å². The van der Waals surface area contributed by atoms with Crippen molar-refractivity contribution in [3.63, 3.8) is 0 Å². The Kier molecular flexibility index (Phi) is 19.7. The molecule has 0 bridgehead atoms. The highest BCUT2D eigenvalue weighted by Crippen LogP contribution is 2.65. The fraction of sp³-hybridized carbons (Fsp3) is 0.283. The first-order valence-electron chi connectivity index (χ1n) is 36.9. The quantitative estimate of drug-likeness (QED) is 0.0507. The number of carbonyl (C=O) groups excluding carboxylic acids is 4. The normalized spacial score (nSPS) is 14.9. The summed E-state index contributed by atoms with van der Waals surface area (Å²) in [6.45, 7) is 9.12. The number of benzene rings is 7. The van der Waals surface area contributed by atoms with E-state index >= 15 is 0 Å². The molecule has 0 amide bonds. The third kappa shape index (κ3) is 12.2. The molecule has 7 aromatic carbocycles. The van der Waals surface area contributed by atoms with Crippen molar-refractivity contribution in [2.24, 2.45) is 0 Å². The van der Waals surface area contributed by atoms with E-state index in [1.807, 2.05) is 59.1 Å². The molecule has 8 heteroatoms. The molecule has 0 unspecified atom stereocenters. The van der Waals surface area contributed by atoms with Crippen molar-refractivity contribution in [3.05, 3.63) is 311 Å². The van der Waals surface area contributed by atoms with Crippen LogP contribution in [0.15, 0.2) is 194 Å². The predicted molar refractivity (Wildman–Crippen MR) is 419 cm³/mol. The summed E-state index contributed by atoms with van der Waals surface area (Å²) in [5.41, 5.74) is 18.9. The minimum Gasteiger partial charge on any atom is -0.288 e. The van der Waals surface area contributed by atoms with Crippen molar-refractivity contribution >= 4 is 91.8 Å². The molecular weight excluding hydrogens is 1300 g/mol. The van der Waals surface area contributed by atoms with Crippen LogP contribution < -0.4 is 18.1 Å². The lowest BCUT2D eigenvalue weighted by molar-refractivity contribution is 0.101. The second kappa shape index (κ2) is 29.2. The second-order valence-corrected chi connectivity index (χ2v) is 32.5. The van der Waals surface area contributed by atoms with Gasteiger partial charge < -0.3 is 0 Å². The van der Waals surface area contributed by atoms with Crippen molar-refractivity contribution in [3.8, 4) is 20.9 Å². The van der Waals surface area contributed by atoms with Gasteiger partial charge in [-0.15, -0.1) is 45.3 Å². The van der Waals surface area contributed by atoms with E-state index in [4.69, 9.17) is 0 Å². The molecule has 502 valence electrons. The van der Waals surface area contributed by atoms with Crippen LogP contribution in [-0.4, -0.2) is 23.1 Å². The molecule has 4 heterocycles. The highest BCUT2D eigenvalue weighted by molar-refractivity contribution is 7.17. The van der Waals surface area contributed by atoms with Crippen molar-refractivity contribution in [1.29, 1.82) is 0 Å². The molecular formula is C92H86O4S4. The summed E-state index contributed by atoms with van der Waals surface area (Å²) in [4.78, 5) is 60.5. The van der Waals surface area contributed by atoms with E-state index < -0.39 is 10.8 Å². The van der Waals surface area contributed by atoms with Gasteiger partial charge in [-0.3, -0.25) is 19.2 Å². The van der Waals surface area contributed by atoms with E-state index in [-0.39, 0.29) is 34.3 Å². The summed E-state index contributed by atoms with van der Waals surface area (Å²) in [7, 11) is 0. The zero-order valence-corrected chi connectivity index (χ0v) is 61.3. The first-order valence-corrected chi connectivity index (χ1v) is 40.2. The molecule has 0 aliphatic heterocycles. The fourth-order valence-corrected chi connectivity index (χ4v) is 21.0.